The number of nitrogens with zero attached hydrogens (tertiary/aromatic N) is 1. The van der Waals surface area contributed by atoms with Crippen LogP contribution in [0, 0.1) is 0 Å². The van der Waals surface area contributed by atoms with E-state index in [1.165, 1.54) is 11.0 Å². The first-order chi connectivity index (χ1) is 10.9. The summed E-state index contributed by atoms with van der Waals surface area (Å²) in [6.45, 7) is 4.51. The van der Waals surface area contributed by atoms with Crippen LogP contribution in [-0.4, -0.2) is 46.4 Å². The van der Waals surface area contributed by atoms with E-state index in [0.717, 1.165) is 6.42 Å². The Labute approximate surface area is 135 Å². The molecular weight excluding hydrogens is 296 g/mol. The standard InChI is InChI=1S/C17H22N2O4/c1-3-9-18-14(20)12-6-4-7-13(11-12)15(21)19-10-5-8-17(19,2)16(22)23/h4,6-7,11H,3,5,8-10H2,1-2H3,(H,18,20)(H,22,23). The summed E-state index contributed by atoms with van der Waals surface area (Å²) in [6, 6.07) is 6.41. The average molecular weight is 318 g/mol. The van der Waals surface area contributed by atoms with Crippen molar-refractivity contribution in [2.24, 2.45) is 0 Å². The third-order valence-electron chi connectivity index (χ3n) is 4.25. The molecule has 2 rings (SSSR count). The van der Waals surface area contributed by atoms with Gasteiger partial charge in [0.2, 0.25) is 0 Å². The minimum atomic E-state index is -1.18. The predicted molar refractivity (Wildman–Crippen MR) is 85.4 cm³/mol. The molecule has 1 aromatic rings. The summed E-state index contributed by atoms with van der Waals surface area (Å²) in [4.78, 5) is 37.6. The van der Waals surface area contributed by atoms with Crippen molar-refractivity contribution in [1.29, 1.82) is 0 Å². The quantitative estimate of drug-likeness (QED) is 0.868. The number of aliphatic carboxylic acids is 1. The highest BCUT2D eigenvalue weighted by Crippen LogP contribution is 2.30. The molecule has 2 N–H and O–H groups in total. The Hall–Kier alpha value is -2.37. The van der Waals surface area contributed by atoms with E-state index < -0.39 is 11.5 Å². The number of carbonyl (C=O) groups is 3. The lowest BCUT2D eigenvalue weighted by Crippen LogP contribution is -2.50. The van der Waals surface area contributed by atoms with Crippen LogP contribution in [0.25, 0.3) is 0 Å². The van der Waals surface area contributed by atoms with E-state index in [-0.39, 0.29) is 11.8 Å². The largest absolute Gasteiger partial charge is 0.480 e. The number of likely N-dealkylation sites (tertiary alicyclic amines) is 1. The molecule has 1 unspecified atom stereocenters. The Morgan fingerprint density at radius 2 is 2.00 bits per heavy atom. The van der Waals surface area contributed by atoms with Crippen molar-refractivity contribution in [2.75, 3.05) is 13.1 Å². The number of carbonyl (C=O) groups excluding carboxylic acids is 2. The molecule has 23 heavy (non-hydrogen) atoms. The van der Waals surface area contributed by atoms with E-state index in [9.17, 15) is 19.5 Å². The molecule has 6 heteroatoms. The van der Waals surface area contributed by atoms with Crippen LogP contribution in [0.5, 0.6) is 0 Å². The monoisotopic (exact) mass is 318 g/mol. The highest BCUT2D eigenvalue weighted by Gasteiger charge is 2.46. The fraction of sp³-hybridized carbons (Fsp3) is 0.471. The first-order valence-electron chi connectivity index (χ1n) is 7.84. The predicted octanol–water partition coefficient (Wildman–Crippen LogP) is 1.91. The number of nitrogens with one attached hydrogen (secondary N) is 1. The first kappa shape index (κ1) is 17.0. The summed E-state index contributed by atoms with van der Waals surface area (Å²) in [6.07, 6.45) is 1.92. The number of carboxylic acids is 1. The molecule has 6 nitrogen and oxygen atoms in total. The van der Waals surface area contributed by atoms with E-state index in [1.807, 2.05) is 6.92 Å². The molecule has 1 aliphatic heterocycles. The highest BCUT2D eigenvalue weighted by molar-refractivity contribution is 6.01. The number of hydrogen-bond acceptors (Lipinski definition) is 3. The van der Waals surface area contributed by atoms with Gasteiger partial charge < -0.3 is 15.3 Å². The van der Waals surface area contributed by atoms with Crippen molar-refractivity contribution >= 4 is 17.8 Å². The van der Waals surface area contributed by atoms with Gasteiger partial charge in [-0.3, -0.25) is 9.59 Å². The molecular formula is C17H22N2O4. The van der Waals surface area contributed by atoms with Crippen molar-refractivity contribution in [3.8, 4) is 0 Å². The average Bonchev–Trinajstić information content (AvgIpc) is 2.95. The molecule has 124 valence electrons. The molecule has 1 fully saturated rings. The third kappa shape index (κ3) is 3.36. The van der Waals surface area contributed by atoms with Crippen LogP contribution in [0.3, 0.4) is 0 Å². The van der Waals surface area contributed by atoms with Gasteiger partial charge >= 0.3 is 5.97 Å². The van der Waals surface area contributed by atoms with Gasteiger partial charge in [-0.25, -0.2) is 4.79 Å². The normalized spacial score (nSPS) is 20.3. The van der Waals surface area contributed by atoms with Crippen LogP contribution in [-0.2, 0) is 4.79 Å². The van der Waals surface area contributed by atoms with Crippen LogP contribution >= 0.6 is 0 Å². The second-order valence-electron chi connectivity index (χ2n) is 5.98. The number of benzene rings is 1. The summed E-state index contributed by atoms with van der Waals surface area (Å²) in [5.41, 5.74) is -0.443. The smallest absolute Gasteiger partial charge is 0.329 e. The van der Waals surface area contributed by atoms with Gasteiger partial charge in [0, 0.05) is 24.2 Å². The summed E-state index contributed by atoms with van der Waals surface area (Å²) in [5.74, 6) is -1.58. The zero-order chi connectivity index (χ0) is 17.0. The van der Waals surface area contributed by atoms with Crippen molar-refractivity contribution in [3.05, 3.63) is 35.4 Å². The maximum atomic E-state index is 12.7. The molecule has 1 saturated heterocycles. The van der Waals surface area contributed by atoms with E-state index in [1.54, 1.807) is 25.1 Å². The SMILES string of the molecule is CCCNC(=O)c1cccc(C(=O)N2CCCC2(C)C(=O)O)c1. The van der Waals surface area contributed by atoms with Crippen molar-refractivity contribution < 1.29 is 19.5 Å². The van der Waals surface area contributed by atoms with Crippen molar-refractivity contribution in [1.82, 2.24) is 10.2 Å². The second-order valence-corrected chi connectivity index (χ2v) is 5.98. The number of amides is 2. The van der Waals surface area contributed by atoms with Crippen LogP contribution in [0.1, 0.15) is 53.8 Å². The lowest BCUT2D eigenvalue weighted by molar-refractivity contribution is -0.147. The molecule has 1 atom stereocenters. The van der Waals surface area contributed by atoms with Crippen LogP contribution in [0.15, 0.2) is 24.3 Å². The lowest BCUT2D eigenvalue weighted by Gasteiger charge is -2.31. The number of rotatable bonds is 5. The van der Waals surface area contributed by atoms with Crippen LogP contribution < -0.4 is 5.32 Å². The van der Waals surface area contributed by atoms with Crippen LogP contribution in [0.2, 0.25) is 0 Å². The molecule has 2 amide bonds. The molecule has 1 heterocycles. The van der Waals surface area contributed by atoms with Crippen molar-refractivity contribution in [3.63, 3.8) is 0 Å². The molecule has 0 saturated carbocycles. The summed E-state index contributed by atoms with van der Waals surface area (Å²) >= 11 is 0. The fourth-order valence-electron chi connectivity index (χ4n) is 2.80. The molecule has 0 aliphatic carbocycles. The highest BCUT2D eigenvalue weighted by atomic mass is 16.4. The second kappa shape index (κ2) is 6.81. The van der Waals surface area contributed by atoms with E-state index in [0.29, 0.717) is 37.1 Å². The Bertz CT molecular complexity index is 629. The Morgan fingerprint density at radius 1 is 1.30 bits per heavy atom. The van der Waals surface area contributed by atoms with Crippen molar-refractivity contribution in [2.45, 2.75) is 38.6 Å². The molecule has 1 aliphatic rings. The molecule has 0 bridgehead atoms. The topological polar surface area (TPSA) is 86.7 Å². The summed E-state index contributed by atoms with van der Waals surface area (Å²) in [7, 11) is 0. The van der Waals surface area contributed by atoms with Gasteiger partial charge in [-0.15, -0.1) is 0 Å². The first-order valence-corrected chi connectivity index (χ1v) is 7.84. The zero-order valence-corrected chi connectivity index (χ0v) is 13.5. The molecule has 0 radical (unpaired) electrons. The number of carboxylic acid groups (broad SMARTS) is 1. The van der Waals surface area contributed by atoms with E-state index >= 15 is 0 Å². The molecule has 1 aromatic carbocycles. The van der Waals surface area contributed by atoms with Gasteiger partial charge in [0.1, 0.15) is 5.54 Å². The summed E-state index contributed by atoms with van der Waals surface area (Å²) in [5, 5.41) is 12.2. The van der Waals surface area contributed by atoms with Gasteiger partial charge in [-0.2, -0.15) is 0 Å². The lowest BCUT2D eigenvalue weighted by atomic mass is 9.98. The van der Waals surface area contributed by atoms with Gasteiger partial charge in [0.05, 0.1) is 0 Å². The number of hydrogen-bond donors (Lipinski definition) is 2. The van der Waals surface area contributed by atoms with E-state index in [4.69, 9.17) is 0 Å². The summed E-state index contributed by atoms with van der Waals surface area (Å²) < 4.78 is 0. The van der Waals surface area contributed by atoms with Gasteiger partial charge in [0.25, 0.3) is 11.8 Å². The maximum absolute atomic E-state index is 12.7. The van der Waals surface area contributed by atoms with Crippen LogP contribution in [0.4, 0.5) is 0 Å². The Morgan fingerprint density at radius 3 is 2.65 bits per heavy atom. The fourth-order valence-corrected chi connectivity index (χ4v) is 2.80. The minimum Gasteiger partial charge on any atom is -0.480 e. The Balaban J connectivity index is 2.23. The maximum Gasteiger partial charge on any atom is 0.329 e. The third-order valence-corrected chi connectivity index (χ3v) is 4.25. The Kier molecular flexibility index (Phi) is 5.03. The van der Waals surface area contributed by atoms with E-state index in [2.05, 4.69) is 5.32 Å². The molecule has 0 spiro atoms. The van der Waals surface area contributed by atoms with Gasteiger partial charge in [-0.05, 0) is 44.4 Å². The van der Waals surface area contributed by atoms with Gasteiger partial charge in [0.15, 0.2) is 0 Å². The molecule has 0 aromatic heterocycles. The minimum absolute atomic E-state index is 0.232. The zero-order valence-electron chi connectivity index (χ0n) is 13.5. The van der Waals surface area contributed by atoms with Gasteiger partial charge in [-0.1, -0.05) is 13.0 Å².